The molecule has 4 aromatic rings. The fourth-order valence-electron chi connectivity index (χ4n) is 3.92. The van der Waals surface area contributed by atoms with E-state index in [1.54, 1.807) is 6.92 Å². The van der Waals surface area contributed by atoms with Crippen molar-refractivity contribution in [2.75, 3.05) is 28.4 Å². The molecule has 0 aliphatic rings. The summed E-state index contributed by atoms with van der Waals surface area (Å²) in [7, 11) is 0.158. The van der Waals surface area contributed by atoms with Crippen molar-refractivity contribution in [1.29, 1.82) is 0 Å². The zero-order chi connectivity index (χ0) is 27.8. The van der Waals surface area contributed by atoms with Crippen molar-refractivity contribution in [3.05, 3.63) is 46.9 Å². The first-order valence-electron chi connectivity index (χ1n) is 10.7. The second kappa shape index (κ2) is 10.1. The molecular weight excluding hydrogens is 528 g/mol. The lowest BCUT2D eigenvalue weighted by molar-refractivity contribution is 0.0589. The lowest BCUT2D eigenvalue weighted by Crippen LogP contribution is -2.08. The van der Waals surface area contributed by atoms with Crippen molar-refractivity contribution >= 4 is 44.3 Å². The summed E-state index contributed by atoms with van der Waals surface area (Å²) >= 11 is 0. The highest BCUT2D eigenvalue weighted by molar-refractivity contribution is 7.81. The van der Waals surface area contributed by atoms with Crippen LogP contribution in [0.1, 0.15) is 32.2 Å². The average Bonchev–Trinajstić information content (AvgIpc) is 3.39. The molecule has 13 nitrogen and oxygen atoms in total. The van der Waals surface area contributed by atoms with Gasteiger partial charge in [0, 0.05) is 22.9 Å². The van der Waals surface area contributed by atoms with Crippen LogP contribution < -0.4 is 18.4 Å². The van der Waals surface area contributed by atoms with Gasteiger partial charge in [0.05, 0.1) is 28.4 Å². The molecule has 0 bridgehead atoms. The number of rotatable bonds is 9. The van der Waals surface area contributed by atoms with Gasteiger partial charge in [0.1, 0.15) is 34.7 Å². The van der Waals surface area contributed by atoms with Gasteiger partial charge in [-0.2, -0.15) is 8.42 Å². The van der Waals surface area contributed by atoms with E-state index in [-0.39, 0.29) is 51.7 Å². The Bertz CT molecular complexity index is 1660. The van der Waals surface area contributed by atoms with Crippen LogP contribution in [0, 0.1) is 6.92 Å². The third kappa shape index (κ3) is 4.90. The van der Waals surface area contributed by atoms with Gasteiger partial charge in [-0.15, -0.1) is 0 Å². The first-order valence-corrected chi connectivity index (χ1v) is 12.1. The second-order valence-electron chi connectivity index (χ2n) is 7.71. The van der Waals surface area contributed by atoms with E-state index in [4.69, 9.17) is 37.1 Å². The Morgan fingerprint density at radius 2 is 1.32 bits per heavy atom. The largest absolute Gasteiger partial charge is 0.493 e. The van der Waals surface area contributed by atoms with Crippen LogP contribution >= 0.6 is 0 Å². The summed E-state index contributed by atoms with van der Waals surface area (Å²) in [6.07, 6.45) is 0. The molecule has 2 heterocycles. The fourth-order valence-corrected chi connectivity index (χ4v) is 4.28. The predicted octanol–water partition coefficient (Wildman–Crippen LogP) is 3.84. The number of furan rings is 2. The van der Waals surface area contributed by atoms with Crippen molar-refractivity contribution < 1.29 is 59.3 Å². The van der Waals surface area contributed by atoms with Gasteiger partial charge in [-0.1, -0.05) is 0 Å². The number of carbonyl (C=O) groups is 2. The molecule has 14 heteroatoms. The number of esters is 2. The minimum Gasteiger partial charge on any atom is -0.493 e. The van der Waals surface area contributed by atoms with Crippen LogP contribution in [0.3, 0.4) is 0 Å². The van der Waals surface area contributed by atoms with Crippen LogP contribution in [0.2, 0.25) is 0 Å². The Balaban J connectivity index is 1.80. The third-order valence-electron chi connectivity index (χ3n) is 5.53. The van der Waals surface area contributed by atoms with E-state index in [9.17, 15) is 18.0 Å². The molecule has 0 saturated heterocycles. The third-order valence-corrected chi connectivity index (χ3v) is 5.92. The Morgan fingerprint density at radius 1 is 0.789 bits per heavy atom. The number of benzene rings is 2. The zero-order valence-corrected chi connectivity index (χ0v) is 21.6. The number of carbonyl (C=O) groups excluding carboxylic acids is 2. The van der Waals surface area contributed by atoms with E-state index >= 15 is 0 Å². The molecule has 2 aromatic carbocycles. The highest BCUT2D eigenvalue weighted by Gasteiger charge is 2.27. The maximum absolute atomic E-state index is 12.7. The quantitative estimate of drug-likeness (QED) is 0.236. The monoisotopic (exact) mass is 550 g/mol. The minimum absolute atomic E-state index is 0.0108. The smallest absolute Gasteiger partial charge is 0.446 e. The van der Waals surface area contributed by atoms with E-state index in [1.165, 1.54) is 39.5 Å². The van der Waals surface area contributed by atoms with Crippen molar-refractivity contribution in [3.8, 4) is 23.0 Å². The fraction of sp³-hybridized carbons (Fsp3) is 0.250. The maximum atomic E-state index is 12.7. The topological polar surface area (TPSA) is 170 Å². The van der Waals surface area contributed by atoms with E-state index in [2.05, 4.69) is 4.18 Å². The summed E-state index contributed by atoms with van der Waals surface area (Å²) in [4.78, 5) is 24.9. The predicted molar refractivity (Wildman–Crippen MR) is 129 cm³/mol. The highest BCUT2D eigenvalue weighted by atomic mass is 32.3. The van der Waals surface area contributed by atoms with Gasteiger partial charge in [-0.25, -0.2) is 9.59 Å². The Morgan fingerprint density at radius 3 is 1.89 bits per heavy atom. The van der Waals surface area contributed by atoms with Crippen LogP contribution in [-0.4, -0.2) is 53.3 Å². The van der Waals surface area contributed by atoms with Gasteiger partial charge < -0.3 is 36.7 Å². The number of methoxy groups -OCH3 is 4. The van der Waals surface area contributed by atoms with Crippen LogP contribution in [0.25, 0.3) is 21.9 Å². The number of ether oxygens (including phenoxy) is 5. The number of hydrogen-bond acceptors (Lipinski definition) is 12. The molecule has 0 spiro atoms. The zero-order valence-electron chi connectivity index (χ0n) is 20.8. The van der Waals surface area contributed by atoms with Crippen LogP contribution in [0.4, 0.5) is 0 Å². The molecule has 38 heavy (non-hydrogen) atoms. The van der Waals surface area contributed by atoms with Crippen LogP contribution in [-0.2, 0) is 26.5 Å². The van der Waals surface area contributed by atoms with Crippen LogP contribution in [0.5, 0.6) is 23.0 Å². The molecule has 2 aromatic heterocycles. The Hall–Kier alpha value is -4.43. The van der Waals surface area contributed by atoms with Gasteiger partial charge >= 0.3 is 22.3 Å². The molecule has 0 atom stereocenters. The lowest BCUT2D eigenvalue weighted by Gasteiger charge is -2.10. The Kier molecular flexibility index (Phi) is 7.11. The molecule has 0 aliphatic heterocycles. The molecule has 0 amide bonds. The summed E-state index contributed by atoms with van der Waals surface area (Å²) < 4.78 is 73.8. The molecule has 1 N–H and O–H groups in total. The first kappa shape index (κ1) is 26.6. The Labute approximate surface area is 215 Å². The van der Waals surface area contributed by atoms with Gasteiger partial charge in [-0.05, 0) is 19.1 Å². The normalized spacial score (nSPS) is 11.4. The highest BCUT2D eigenvalue weighted by Crippen LogP contribution is 2.40. The molecule has 0 saturated carbocycles. The SMILES string of the molecule is COC(=O)c1c(C)oc2cc(OC)c(OCc3oc4cc(OC)c(OS(=O)(=O)O)cc4c3C(=O)OC)cc12. The lowest BCUT2D eigenvalue weighted by atomic mass is 10.1. The molecule has 0 unspecified atom stereocenters. The van der Waals surface area contributed by atoms with Crippen molar-refractivity contribution in [2.45, 2.75) is 13.5 Å². The average molecular weight is 550 g/mol. The van der Waals surface area contributed by atoms with E-state index in [0.717, 1.165) is 13.2 Å². The van der Waals surface area contributed by atoms with Crippen molar-refractivity contribution in [1.82, 2.24) is 0 Å². The van der Waals surface area contributed by atoms with E-state index in [0.29, 0.717) is 16.7 Å². The van der Waals surface area contributed by atoms with Crippen molar-refractivity contribution in [3.63, 3.8) is 0 Å². The summed E-state index contributed by atoms with van der Waals surface area (Å²) in [6, 6.07) is 5.48. The number of fused-ring (bicyclic) bond motifs is 2. The van der Waals surface area contributed by atoms with Gasteiger partial charge in [0.15, 0.2) is 28.8 Å². The molecular formula is C24H22O13S. The second-order valence-corrected chi connectivity index (χ2v) is 8.74. The molecule has 4 rings (SSSR count). The molecule has 0 radical (unpaired) electrons. The number of aryl methyl sites for hydroxylation is 1. The number of hydrogen-bond donors (Lipinski definition) is 1. The van der Waals surface area contributed by atoms with E-state index < -0.39 is 28.1 Å². The van der Waals surface area contributed by atoms with Gasteiger partial charge in [0.2, 0.25) is 0 Å². The maximum Gasteiger partial charge on any atom is 0.446 e. The molecule has 202 valence electrons. The first-order chi connectivity index (χ1) is 18.0. The standard InChI is InChI=1S/C24H22O13S/c1-11-21(23(25)32-4)12-6-18(16(30-2)8-14(12)35-11)34-10-20-22(24(26)33-5)13-7-19(37-38(27,28)29)17(31-3)9-15(13)36-20/h6-9H,10H2,1-5H3,(H,27,28,29). The molecule has 0 fully saturated rings. The molecule has 0 aliphatic carbocycles. The van der Waals surface area contributed by atoms with Crippen LogP contribution in [0.15, 0.2) is 33.1 Å². The van der Waals surface area contributed by atoms with Crippen molar-refractivity contribution in [2.24, 2.45) is 0 Å². The van der Waals surface area contributed by atoms with Gasteiger partial charge in [0.25, 0.3) is 0 Å². The van der Waals surface area contributed by atoms with Gasteiger partial charge in [-0.3, -0.25) is 4.55 Å². The summed E-state index contributed by atoms with van der Waals surface area (Å²) in [5.41, 5.74) is 0.612. The minimum atomic E-state index is -4.90. The summed E-state index contributed by atoms with van der Waals surface area (Å²) in [6.45, 7) is 1.30. The summed E-state index contributed by atoms with van der Waals surface area (Å²) in [5, 5.41) is 0.524. The van der Waals surface area contributed by atoms with E-state index in [1.807, 2.05) is 0 Å². The summed E-state index contributed by atoms with van der Waals surface area (Å²) in [5.74, 6) is -1.08.